The maximum atomic E-state index is 10.2. The fourth-order valence-electron chi connectivity index (χ4n) is 1.31. The molecule has 0 saturated carbocycles. The van der Waals surface area contributed by atoms with Crippen LogP contribution < -0.4 is 15.0 Å². The number of ether oxygens (including phenoxy) is 1. The molecule has 1 aromatic rings. The van der Waals surface area contributed by atoms with E-state index in [2.05, 4.69) is 5.32 Å². The van der Waals surface area contributed by atoms with E-state index in [1.54, 1.807) is 0 Å². The van der Waals surface area contributed by atoms with Gasteiger partial charge in [0.2, 0.25) is 0 Å². The highest BCUT2D eigenvalue weighted by Crippen LogP contribution is 2.19. The fourth-order valence-corrected chi connectivity index (χ4v) is 1.31. The monoisotopic (exact) mass is 238 g/mol. The molecule has 94 valence electrons. The lowest BCUT2D eigenvalue weighted by Gasteiger charge is -2.14. The summed E-state index contributed by atoms with van der Waals surface area (Å²) < 4.78 is 5.52. The lowest BCUT2D eigenvalue weighted by atomic mass is 10.3. The van der Waals surface area contributed by atoms with E-state index in [1.807, 2.05) is 43.3 Å². The first-order valence-corrected chi connectivity index (χ1v) is 5.46. The van der Waals surface area contributed by atoms with Crippen molar-refractivity contribution in [3.63, 3.8) is 0 Å². The first-order chi connectivity index (χ1) is 8.09. The second-order valence-electron chi connectivity index (χ2n) is 3.83. The lowest BCUT2D eigenvalue weighted by molar-refractivity contribution is 0.193. The summed E-state index contributed by atoms with van der Waals surface area (Å²) in [6.07, 6.45) is -0.349. The third-order valence-corrected chi connectivity index (χ3v) is 2.20. The van der Waals surface area contributed by atoms with Gasteiger partial charge in [-0.15, -0.1) is 0 Å². The molecule has 1 aromatic carbocycles. The summed E-state index contributed by atoms with van der Waals surface area (Å²) in [7, 11) is 3.94. The Morgan fingerprint density at radius 3 is 2.88 bits per heavy atom. The number of carbonyl (C=O) groups is 1. The number of carboxylic acid groups (broad SMARTS) is 1. The Morgan fingerprint density at radius 2 is 2.24 bits per heavy atom. The minimum Gasteiger partial charge on any atom is -0.493 e. The lowest BCUT2D eigenvalue weighted by Crippen LogP contribution is -2.23. The zero-order chi connectivity index (χ0) is 12.7. The summed E-state index contributed by atoms with van der Waals surface area (Å²) in [5.41, 5.74) is 1.08. The number of nitrogens with zero attached hydrogens (tertiary/aromatic N) is 1. The van der Waals surface area contributed by atoms with Crippen molar-refractivity contribution in [3.8, 4) is 5.75 Å². The number of rotatable bonds is 6. The van der Waals surface area contributed by atoms with Gasteiger partial charge in [-0.1, -0.05) is 6.07 Å². The molecule has 0 aliphatic carbocycles. The highest BCUT2D eigenvalue weighted by molar-refractivity contribution is 5.64. The molecule has 5 nitrogen and oxygen atoms in total. The number of amides is 1. The normalized spacial score (nSPS) is 9.76. The largest absolute Gasteiger partial charge is 0.493 e. The quantitative estimate of drug-likeness (QED) is 0.742. The summed E-state index contributed by atoms with van der Waals surface area (Å²) in [5.74, 6) is 0.798. The van der Waals surface area contributed by atoms with Gasteiger partial charge in [0.25, 0.3) is 0 Å². The van der Waals surface area contributed by atoms with Gasteiger partial charge < -0.3 is 20.1 Å². The molecule has 0 unspecified atom stereocenters. The Kier molecular flexibility index (Phi) is 5.13. The maximum absolute atomic E-state index is 10.2. The molecule has 0 saturated heterocycles. The molecule has 0 radical (unpaired) electrons. The second-order valence-corrected chi connectivity index (χ2v) is 3.83. The van der Waals surface area contributed by atoms with E-state index >= 15 is 0 Å². The average molecular weight is 238 g/mol. The number of hydrogen-bond donors (Lipinski definition) is 2. The van der Waals surface area contributed by atoms with Crippen molar-refractivity contribution < 1.29 is 14.6 Å². The van der Waals surface area contributed by atoms with Crippen LogP contribution in [0.4, 0.5) is 10.5 Å². The van der Waals surface area contributed by atoms with Crippen LogP contribution in [0, 0.1) is 0 Å². The second kappa shape index (κ2) is 6.62. The van der Waals surface area contributed by atoms with Crippen LogP contribution in [0.25, 0.3) is 0 Å². The number of hydrogen-bond acceptors (Lipinski definition) is 3. The van der Waals surface area contributed by atoms with Crippen molar-refractivity contribution in [2.45, 2.75) is 6.42 Å². The van der Waals surface area contributed by atoms with Crippen molar-refractivity contribution in [2.75, 3.05) is 32.1 Å². The highest BCUT2D eigenvalue weighted by Gasteiger charge is 1.99. The first-order valence-electron chi connectivity index (χ1n) is 5.46. The average Bonchev–Trinajstić information content (AvgIpc) is 2.28. The molecule has 0 spiro atoms. The predicted molar refractivity (Wildman–Crippen MR) is 66.9 cm³/mol. The molecule has 0 aliphatic rings. The van der Waals surface area contributed by atoms with Gasteiger partial charge >= 0.3 is 6.09 Å². The van der Waals surface area contributed by atoms with E-state index in [0.29, 0.717) is 19.6 Å². The van der Waals surface area contributed by atoms with Crippen LogP contribution >= 0.6 is 0 Å². The van der Waals surface area contributed by atoms with Crippen molar-refractivity contribution in [1.29, 1.82) is 0 Å². The van der Waals surface area contributed by atoms with Crippen molar-refractivity contribution >= 4 is 11.8 Å². The van der Waals surface area contributed by atoms with Crippen LogP contribution in [-0.2, 0) is 0 Å². The van der Waals surface area contributed by atoms with Gasteiger partial charge in [0.15, 0.2) is 0 Å². The molecule has 1 amide bonds. The molecular formula is C12H18N2O3. The van der Waals surface area contributed by atoms with Gasteiger partial charge in [0, 0.05) is 32.4 Å². The van der Waals surface area contributed by atoms with Crippen molar-refractivity contribution in [3.05, 3.63) is 24.3 Å². The zero-order valence-corrected chi connectivity index (χ0v) is 10.1. The summed E-state index contributed by atoms with van der Waals surface area (Å²) in [5, 5.41) is 10.7. The van der Waals surface area contributed by atoms with E-state index in [-0.39, 0.29) is 0 Å². The Bertz CT molecular complexity index is 367. The van der Waals surface area contributed by atoms with Gasteiger partial charge in [0.1, 0.15) is 5.75 Å². The highest BCUT2D eigenvalue weighted by atomic mass is 16.5. The van der Waals surface area contributed by atoms with Crippen molar-refractivity contribution in [2.24, 2.45) is 0 Å². The fraction of sp³-hybridized carbons (Fsp3) is 0.417. The standard InChI is InChI=1S/C12H18N2O3/c1-14(2)10-5-3-6-11(9-10)17-8-4-7-13-12(15)16/h3,5-6,9,13H,4,7-8H2,1-2H3,(H,15,16). The van der Waals surface area contributed by atoms with E-state index in [4.69, 9.17) is 9.84 Å². The minimum absolute atomic E-state index is 0.405. The number of nitrogens with one attached hydrogen (secondary N) is 1. The summed E-state index contributed by atoms with van der Waals surface area (Å²) in [4.78, 5) is 12.2. The van der Waals surface area contributed by atoms with Crippen LogP contribution in [0.15, 0.2) is 24.3 Å². The van der Waals surface area contributed by atoms with E-state index in [9.17, 15) is 4.79 Å². The first kappa shape index (κ1) is 13.2. The Hall–Kier alpha value is -1.91. The minimum atomic E-state index is -1.00. The Labute approximate surface area is 101 Å². The predicted octanol–water partition coefficient (Wildman–Crippen LogP) is 1.79. The smallest absolute Gasteiger partial charge is 0.404 e. The van der Waals surface area contributed by atoms with Crippen LogP contribution in [0.5, 0.6) is 5.75 Å². The van der Waals surface area contributed by atoms with E-state index in [0.717, 1.165) is 11.4 Å². The Morgan fingerprint density at radius 1 is 1.47 bits per heavy atom. The molecule has 0 fully saturated rings. The molecule has 17 heavy (non-hydrogen) atoms. The van der Waals surface area contributed by atoms with Gasteiger partial charge in [-0.2, -0.15) is 0 Å². The molecule has 1 rings (SSSR count). The van der Waals surface area contributed by atoms with E-state index < -0.39 is 6.09 Å². The summed E-state index contributed by atoms with van der Waals surface area (Å²) in [6, 6.07) is 7.77. The summed E-state index contributed by atoms with van der Waals surface area (Å²) >= 11 is 0. The van der Waals surface area contributed by atoms with E-state index in [1.165, 1.54) is 0 Å². The molecule has 2 N–H and O–H groups in total. The van der Waals surface area contributed by atoms with Crippen LogP contribution in [0.2, 0.25) is 0 Å². The third kappa shape index (κ3) is 5.10. The summed E-state index contributed by atoms with van der Waals surface area (Å²) in [6.45, 7) is 0.903. The maximum Gasteiger partial charge on any atom is 0.404 e. The number of benzene rings is 1. The molecule has 0 aliphatic heterocycles. The molecule has 0 aromatic heterocycles. The van der Waals surface area contributed by atoms with Gasteiger partial charge in [0.05, 0.1) is 6.61 Å². The van der Waals surface area contributed by atoms with Gasteiger partial charge in [-0.25, -0.2) is 4.79 Å². The van der Waals surface area contributed by atoms with Crippen LogP contribution in [0.3, 0.4) is 0 Å². The Balaban J connectivity index is 2.31. The third-order valence-electron chi connectivity index (χ3n) is 2.20. The van der Waals surface area contributed by atoms with Gasteiger partial charge in [-0.05, 0) is 18.6 Å². The molecule has 0 bridgehead atoms. The molecule has 5 heteroatoms. The number of anilines is 1. The molecule has 0 heterocycles. The molecular weight excluding hydrogens is 220 g/mol. The SMILES string of the molecule is CN(C)c1cccc(OCCCNC(=O)O)c1. The van der Waals surface area contributed by atoms with Crippen LogP contribution in [0.1, 0.15) is 6.42 Å². The van der Waals surface area contributed by atoms with Gasteiger partial charge in [-0.3, -0.25) is 0 Å². The van der Waals surface area contributed by atoms with Crippen molar-refractivity contribution in [1.82, 2.24) is 5.32 Å². The van der Waals surface area contributed by atoms with Crippen LogP contribution in [-0.4, -0.2) is 38.4 Å². The zero-order valence-electron chi connectivity index (χ0n) is 10.1. The topological polar surface area (TPSA) is 61.8 Å². The molecule has 0 atom stereocenters.